The van der Waals surface area contributed by atoms with Crippen LogP contribution in [0.3, 0.4) is 0 Å². The number of nitrogens with one attached hydrogen (secondary N) is 1. The first-order chi connectivity index (χ1) is 25.2. The summed E-state index contributed by atoms with van der Waals surface area (Å²) in [5, 5.41) is 21.0. The van der Waals surface area contributed by atoms with Crippen molar-refractivity contribution in [1.82, 2.24) is 30.1 Å². The standard InChI is InChI=1S/C38H45BrN6O7/c1-3-5-18-30(47)51-23-28(25-14-8-6-9-15-25)40-35(48)31-32-36(49)44(20-12-7-13-21-46)34(38(32)22-26(39)33(31)52-38)37(50)43(19-4-2)24-45-29-17-11-10-16-27(29)41-42-45/h3-4,6,8-11,14-17,26,28,31-34,46H,1-2,5,7,12-13,18-24H2,(H,40,48)/t26?,28-,31-,32+,33-,34-,38+/m0/s1. The number of carbonyl (C=O) groups excluding carboxylic acids is 4. The Labute approximate surface area is 311 Å². The van der Waals surface area contributed by atoms with Gasteiger partial charge in [-0.05, 0) is 49.8 Å². The van der Waals surface area contributed by atoms with Gasteiger partial charge in [-0.1, -0.05) is 75.8 Å². The van der Waals surface area contributed by atoms with Crippen LogP contribution in [0.15, 0.2) is 79.9 Å². The number of hydrogen-bond donors (Lipinski definition) is 2. The van der Waals surface area contributed by atoms with Gasteiger partial charge in [-0.25, -0.2) is 4.68 Å². The summed E-state index contributed by atoms with van der Waals surface area (Å²) < 4.78 is 13.9. The summed E-state index contributed by atoms with van der Waals surface area (Å²) in [6.45, 7) is 7.95. The van der Waals surface area contributed by atoms with E-state index in [0.29, 0.717) is 37.6 Å². The maximum Gasteiger partial charge on any atom is 0.306 e. The van der Waals surface area contributed by atoms with Crippen LogP contribution in [-0.2, 0) is 35.3 Å². The van der Waals surface area contributed by atoms with E-state index >= 15 is 0 Å². The van der Waals surface area contributed by atoms with Gasteiger partial charge in [-0.15, -0.1) is 18.3 Å². The smallest absolute Gasteiger partial charge is 0.306 e. The molecule has 2 aromatic carbocycles. The monoisotopic (exact) mass is 776 g/mol. The molecule has 3 amide bonds. The summed E-state index contributed by atoms with van der Waals surface area (Å²) in [6.07, 6.45) is 5.33. The number of aliphatic hydroxyl groups excluding tert-OH is 1. The number of esters is 1. The number of hydrogen-bond acceptors (Lipinski definition) is 9. The minimum atomic E-state index is -1.28. The Morgan fingerprint density at radius 2 is 1.88 bits per heavy atom. The van der Waals surface area contributed by atoms with E-state index in [0.717, 1.165) is 11.1 Å². The van der Waals surface area contributed by atoms with Crippen LogP contribution in [0.1, 0.15) is 50.1 Å². The normalized spacial score (nSPS) is 25.2. The van der Waals surface area contributed by atoms with E-state index in [1.807, 2.05) is 54.6 Å². The number of ether oxygens (including phenoxy) is 2. The zero-order valence-corrected chi connectivity index (χ0v) is 30.6. The molecule has 0 radical (unpaired) electrons. The molecule has 0 aliphatic carbocycles. The van der Waals surface area contributed by atoms with Gasteiger partial charge in [0.2, 0.25) is 17.7 Å². The Hall–Kier alpha value is -4.40. The van der Waals surface area contributed by atoms with Crippen LogP contribution in [-0.4, -0.2) is 102 Å². The highest BCUT2D eigenvalue weighted by Crippen LogP contribution is 2.60. The fourth-order valence-electron chi connectivity index (χ4n) is 7.89. The van der Waals surface area contributed by atoms with Crippen LogP contribution in [0, 0.1) is 11.8 Å². The summed E-state index contributed by atoms with van der Waals surface area (Å²) >= 11 is 3.75. The van der Waals surface area contributed by atoms with E-state index in [4.69, 9.17) is 9.47 Å². The second kappa shape index (κ2) is 16.5. The quantitative estimate of drug-likeness (QED) is 0.0852. The molecule has 1 spiro atoms. The highest BCUT2D eigenvalue weighted by Gasteiger charge is 2.76. The van der Waals surface area contributed by atoms with Crippen molar-refractivity contribution in [2.75, 3.05) is 26.3 Å². The number of aliphatic hydroxyl groups is 1. The van der Waals surface area contributed by atoms with Crippen LogP contribution in [0.4, 0.5) is 0 Å². The Morgan fingerprint density at radius 1 is 1.12 bits per heavy atom. The van der Waals surface area contributed by atoms with Gasteiger partial charge in [0.1, 0.15) is 30.4 Å². The summed E-state index contributed by atoms with van der Waals surface area (Å²) in [7, 11) is 0. The largest absolute Gasteiger partial charge is 0.463 e. The number of carbonyl (C=O) groups is 4. The number of halogens is 1. The molecule has 6 rings (SSSR count). The van der Waals surface area contributed by atoms with Crippen LogP contribution < -0.4 is 5.32 Å². The molecule has 0 saturated carbocycles. The van der Waals surface area contributed by atoms with Crippen molar-refractivity contribution in [3.05, 3.63) is 85.5 Å². The molecule has 3 aliphatic rings. The Bertz CT molecular complexity index is 1790. The predicted molar refractivity (Wildman–Crippen MR) is 196 cm³/mol. The molecule has 7 atom stereocenters. The topological polar surface area (TPSA) is 156 Å². The third kappa shape index (κ3) is 7.28. The minimum Gasteiger partial charge on any atom is -0.463 e. The zero-order valence-electron chi connectivity index (χ0n) is 29.0. The van der Waals surface area contributed by atoms with Crippen LogP contribution in [0.5, 0.6) is 0 Å². The highest BCUT2D eigenvalue weighted by atomic mass is 79.9. The number of likely N-dealkylation sites (tertiary alicyclic amines) is 1. The minimum absolute atomic E-state index is 0.0201. The van der Waals surface area contributed by atoms with Crippen molar-refractivity contribution in [2.45, 2.75) is 73.8 Å². The van der Waals surface area contributed by atoms with E-state index in [9.17, 15) is 24.3 Å². The lowest BCUT2D eigenvalue weighted by atomic mass is 9.70. The summed E-state index contributed by atoms with van der Waals surface area (Å²) in [5.41, 5.74) is 0.884. The number of amides is 3. The van der Waals surface area contributed by atoms with Crippen molar-refractivity contribution in [3.63, 3.8) is 0 Å². The van der Waals surface area contributed by atoms with E-state index in [2.05, 4.69) is 44.7 Å². The first-order valence-electron chi connectivity index (χ1n) is 17.8. The molecule has 14 heteroatoms. The van der Waals surface area contributed by atoms with Crippen LogP contribution in [0.25, 0.3) is 11.0 Å². The maximum absolute atomic E-state index is 14.9. The lowest BCUT2D eigenvalue weighted by Crippen LogP contribution is -2.57. The molecular weight excluding hydrogens is 732 g/mol. The van der Waals surface area contributed by atoms with Gasteiger partial charge in [-0.2, -0.15) is 0 Å². The summed E-state index contributed by atoms with van der Waals surface area (Å²) in [5.74, 6) is -3.34. The molecular formula is C38H45BrN6O7. The van der Waals surface area contributed by atoms with Crippen molar-refractivity contribution in [1.29, 1.82) is 0 Å². The van der Waals surface area contributed by atoms with E-state index in [1.54, 1.807) is 26.6 Å². The van der Waals surface area contributed by atoms with E-state index in [1.165, 1.54) is 0 Å². The molecule has 2 N–H and O–H groups in total. The van der Waals surface area contributed by atoms with Gasteiger partial charge in [0.15, 0.2) is 0 Å². The number of benzene rings is 2. The molecule has 52 heavy (non-hydrogen) atoms. The van der Waals surface area contributed by atoms with Crippen molar-refractivity contribution < 1.29 is 33.8 Å². The van der Waals surface area contributed by atoms with Gasteiger partial charge in [0.05, 0.1) is 29.5 Å². The van der Waals surface area contributed by atoms with Crippen molar-refractivity contribution >= 4 is 50.7 Å². The van der Waals surface area contributed by atoms with Gasteiger partial charge in [0.25, 0.3) is 0 Å². The average Bonchev–Trinajstić information content (AvgIpc) is 3.87. The zero-order chi connectivity index (χ0) is 36.8. The molecule has 3 saturated heterocycles. The number of aromatic nitrogens is 3. The molecule has 3 aliphatic heterocycles. The lowest BCUT2D eigenvalue weighted by Gasteiger charge is -2.37. The van der Waals surface area contributed by atoms with E-state index < -0.39 is 47.5 Å². The molecule has 1 unspecified atom stereocenters. The Kier molecular flexibility index (Phi) is 11.9. The molecule has 4 heterocycles. The third-order valence-corrected chi connectivity index (χ3v) is 11.1. The second-order valence-corrected chi connectivity index (χ2v) is 14.7. The maximum atomic E-state index is 14.9. The van der Waals surface area contributed by atoms with Gasteiger partial charge < -0.3 is 29.7 Å². The summed E-state index contributed by atoms with van der Waals surface area (Å²) in [4.78, 5) is 59.2. The molecule has 1 aromatic heterocycles. The van der Waals surface area contributed by atoms with Gasteiger partial charge >= 0.3 is 5.97 Å². The number of unbranched alkanes of at least 4 members (excludes halogenated alkanes) is 2. The highest BCUT2D eigenvalue weighted by molar-refractivity contribution is 9.09. The van der Waals surface area contributed by atoms with E-state index in [-0.39, 0.29) is 56.0 Å². The van der Waals surface area contributed by atoms with Gasteiger partial charge in [-0.3, -0.25) is 19.2 Å². The van der Waals surface area contributed by atoms with Gasteiger partial charge in [0, 0.05) is 30.9 Å². The third-order valence-electron chi connectivity index (χ3n) is 10.3. The predicted octanol–water partition coefficient (Wildman–Crippen LogP) is 3.68. The van der Waals surface area contributed by atoms with Crippen molar-refractivity contribution in [3.8, 4) is 0 Å². The summed E-state index contributed by atoms with van der Waals surface area (Å²) in [6, 6.07) is 14.9. The Balaban J connectivity index is 1.31. The number of alkyl halides is 1. The SMILES string of the molecule is C=CCCC(=O)OC[C@H](NC(=O)[C@@H]1[C@H]2O[C@@]3(CC2Br)[C@H](C(=O)N(CC=C)Cn2nnc4ccccc42)N(CCCCCO)C(=O)[C@@H]13)c1ccccc1. The Morgan fingerprint density at radius 3 is 2.63 bits per heavy atom. The molecule has 3 aromatic rings. The number of fused-ring (bicyclic) bond motifs is 2. The second-order valence-electron chi connectivity index (χ2n) is 13.5. The number of allylic oxidation sites excluding steroid dienone is 1. The molecule has 2 bridgehead atoms. The fraction of sp³-hybridized carbons (Fsp3) is 0.474. The first kappa shape index (κ1) is 37.4. The molecule has 13 nitrogen and oxygen atoms in total. The lowest BCUT2D eigenvalue weighted by molar-refractivity contribution is -0.149. The van der Waals surface area contributed by atoms with Crippen LogP contribution in [0.2, 0.25) is 0 Å². The average molecular weight is 778 g/mol. The first-order valence-corrected chi connectivity index (χ1v) is 18.7. The number of para-hydroxylation sites is 1. The molecule has 276 valence electrons. The van der Waals surface area contributed by atoms with Crippen molar-refractivity contribution in [2.24, 2.45) is 11.8 Å². The fourth-order valence-corrected chi connectivity index (χ4v) is 8.84. The van der Waals surface area contributed by atoms with Crippen LogP contribution >= 0.6 is 15.9 Å². The molecule has 3 fully saturated rings. The number of nitrogens with zero attached hydrogens (tertiary/aromatic N) is 5. The number of rotatable bonds is 18.